The number of benzene rings is 8. The van der Waals surface area contributed by atoms with E-state index in [2.05, 4.69) is 158 Å². The third kappa shape index (κ3) is 4.17. The van der Waals surface area contributed by atoms with Gasteiger partial charge in [-0.2, -0.15) is 0 Å². The fourth-order valence-corrected chi connectivity index (χ4v) is 7.03. The van der Waals surface area contributed by atoms with Crippen LogP contribution in [0.2, 0.25) is 0 Å². The van der Waals surface area contributed by atoms with Crippen molar-refractivity contribution in [3.63, 3.8) is 0 Å². The zero-order chi connectivity index (χ0) is 29.7. The quantitative estimate of drug-likeness (QED) is 0.191. The molecule has 0 N–H and O–H groups in total. The van der Waals surface area contributed by atoms with Gasteiger partial charge in [0.2, 0.25) is 0 Å². The van der Waals surface area contributed by atoms with Gasteiger partial charge in [0.15, 0.2) is 0 Å². The number of para-hydroxylation sites is 2. The second-order valence-corrected chi connectivity index (χ2v) is 11.6. The van der Waals surface area contributed by atoms with Crippen LogP contribution >= 0.6 is 0 Å². The molecule has 0 aliphatic carbocycles. The smallest absolute Gasteiger partial charge is 0.143 e. The van der Waals surface area contributed by atoms with E-state index in [9.17, 15) is 0 Å². The van der Waals surface area contributed by atoms with Crippen LogP contribution in [0, 0.1) is 0 Å². The van der Waals surface area contributed by atoms with Gasteiger partial charge in [0.1, 0.15) is 11.2 Å². The van der Waals surface area contributed by atoms with Crippen LogP contribution in [-0.2, 0) is 0 Å². The Morgan fingerprint density at radius 1 is 0.289 bits per heavy atom. The average molecular weight is 573 g/mol. The summed E-state index contributed by atoms with van der Waals surface area (Å²) in [6.07, 6.45) is 0. The first kappa shape index (κ1) is 25.6. The van der Waals surface area contributed by atoms with Gasteiger partial charge >= 0.3 is 0 Å². The van der Waals surface area contributed by atoms with Crippen LogP contribution in [0.25, 0.3) is 88.0 Å². The minimum atomic E-state index is 0.920. The number of furan rings is 1. The van der Waals surface area contributed by atoms with Gasteiger partial charge in [0.25, 0.3) is 0 Å². The topological polar surface area (TPSA) is 13.1 Å². The predicted molar refractivity (Wildman–Crippen MR) is 190 cm³/mol. The fourth-order valence-electron chi connectivity index (χ4n) is 7.03. The van der Waals surface area contributed by atoms with Gasteiger partial charge in [-0.1, -0.05) is 158 Å². The maximum atomic E-state index is 6.36. The molecule has 0 saturated carbocycles. The molecule has 0 radical (unpaired) electrons. The second kappa shape index (κ2) is 10.4. The zero-order valence-electron chi connectivity index (χ0n) is 24.6. The Labute approximate surface area is 261 Å². The van der Waals surface area contributed by atoms with Crippen LogP contribution in [0.5, 0.6) is 0 Å². The predicted octanol–water partition coefficient (Wildman–Crippen LogP) is 12.6. The van der Waals surface area contributed by atoms with Crippen molar-refractivity contribution >= 4 is 43.5 Å². The molecule has 0 fully saturated rings. The molecule has 210 valence electrons. The molecular formula is C44H28O. The first-order valence-electron chi connectivity index (χ1n) is 15.4. The highest BCUT2D eigenvalue weighted by atomic mass is 16.3. The summed E-state index contributed by atoms with van der Waals surface area (Å²) >= 11 is 0. The lowest BCUT2D eigenvalue weighted by Gasteiger charge is -2.18. The fraction of sp³-hybridized carbons (Fsp3) is 0. The summed E-state index contributed by atoms with van der Waals surface area (Å²) < 4.78 is 6.36. The molecule has 8 aromatic carbocycles. The molecule has 0 spiro atoms. The Morgan fingerprint density at radius 2 is 0.778 bits per heavy atom. The minimum Gasteiger partial charge on any atom is -0.455 e. The van der Waals surface area contributed by atoms with Crippen LogP contribution in [0.4, 0.5) is 0 Å². The minimum absolute atomic E-state index is 0.920. The van der Waals surface area contributed by atoms with E-state index in [-0.39, 0.29) is 0 Å². The molecule has 1 aromatic heterocycles. The van der Waals surface area contributed by atoms with E-state index >= 15 is 0 Å². The third-order valence-electron chi connectivity index (χ3n) is 9.08. The molecule has 45 heavy (non-hydrogen) atoms. The largest absolute Gasteiger partial charge is 0.455 e. The molecule has 0 unspecified atom stereocenters. The summed E-state index contributed by atoms with van der Waals surface area (Å²) in [4.78, 5) is 0. The van der Waals surface area contributed by atoms with Gasteiger partial charge in [-0.25, -0.2) is 0 Å². The lowest BCUT2D eigenvalue weighted by Crippen LogP contribution is -1.91. The average Bonchev–Trinajstić information content (AvgIpc) is 3.50. The second-order valence-electron chi connectivity index (χ2n) is 11.6. The van der Waals surface area contributed by atoms with E-state index in [4.69, 9.17) is 4.42 Å². The summed E-state index contributed by atoms with van der Waals surface area (Å²) in [5.74, 6) is 0. The van der Waals surface area contributed by atoms with Crippen molar-refractivity contribution < 1.29 is 4.42 Å². The maximum absolute atomic E-state index is 6.36. The monoisotopic (exact) mass is 572 g/mol. The first-order chi connectivity index (χ1) is 22.3. The van der Waals surface area contributed by atoms with Gasteiger partial charge < -0.3 is 4.42 Å². The van der Waals surface area contributed by atoms with Crippen LogP contribution < -0.4 is 0 Å². The van der Waals surface area contributed by atoms with Crippen LogP contribution in [0.15, 0.2) is 174 Å². The Bertz CT molecular complexity index is 2460. The molecule has 0 bridgehead atoms. The van der Waals surface area contributed by atoms with Crippen LogP contribution in [0.1, 0.15) is 0 Å². The van der Waals surface area contributed by atoms with E-state index in [1.807, 2.05) is 12.1 Å². The van der Waals surface area contributed by atoms with E-state index in [1.54, 1.807) is 0 Å². The highest BCUT2D eigenvalue weighted by Gasteiger charge is 2.18. The summed E-state index contributed by atoms with van der Waals surface area (Å²) in [5.41, 5.74) is 11.5. The number of rotatable bonds is 4. The maximum Gasteiger partial charge on any atom is 0.143 e. The zero-order valence-corrected chi connectivity index (χ0v) is 24.6. The highest BCUT2D eigenvalue weighted by molar-refractivity contribution is 6.21. The van der Waals surface area contributed by atoms with E-state index in [1.165, 1.54) is 54.9 Å². The Kier molecular flexibility index (Phi) is 5.89. The molecule has 1 nitrogen and oxygen atoms in total. The van der Waals surface area contributed by atoms with Gasteiger partial charge in [0.05, 0.1) is 0 Å². The van der Waals surface area contributed by atoms with Crippen molar-refractivity contribution in [1.82, 2.24) is 0 Å². The van der Waals surface area contributed by atoms with Crippen molar-refractivity contribution in [2.24, 2.45) is 0 Å². The summed E-state index contributed by atoms with van der Waals surface area (Å²) in [6, 6.07) is 61.0. The van der Waals surface area contributed by atoms with E-state index < -0.39 is 0 Å². The van der Waals surface area contributed by atoms with Crippen LogP contribution in [0.3, 0.4) is 0 Å². The van der Waals surface area contributed by atoms with E-state index in [0.29, 0.717) is 0 Å². The number of hydrogen-bond donors (Lipinski definition) is 0. The molecule has 0 amide bonds. The van der Waals surface area contributed by atoms with Crippen LogP contribution in [-0.4, -0.2) is 0 Å². The molecule has 0 saturated heterocycles. The molecule has 0 aliphatic heterocycles. The molecule has 9 rings (SSSR count). The summed E-state index contributed by atoms with van der Waals surface area (Å²) in [5, 5.41) is 7.32. The molecule has 9 aromatic rings. The Balaban J connectivity index is 1.23. The highest BCUT2D eigenvalue weighted by Crippen LogP contribution is 2.45. The Morgan fingerprint density at radius 3 is 1.47 bits per heavy atom. The van der Waals surface area contributed by atoms with Gasteiger partial charge in [-0.15, -0.1) is 0 Å². The van der Waals surface area contributed by atoms with Crippen molar-refractivity contribution in [3.05, 3.63) is 170 Å². The Hall–Kier alpha value is -5.92. The summed E-state index contributed by atoms with van der Waals surface area (Å²) in [6.45, 7) is 0. The standard InChI is InChI=1S/C44H28O/c1-2-12-29(13-3-1)32-14-10-15-33(28-32)43-38-19-6-4-17-36(38)42(37-18-5-7-20-39(37)43)31-26-24-30(25-27-31)34-21-11-22-40-35-16-8-9-23-41(35)45-44(34)40/h1-28H. The lowest BCUT2D eigenvalue weighted by molar-refractivity contribution is 0.670. The van der Waals surface area contributed by atoms with E-state index in [0.717, 1.165) is 33.1 Å². The molecule has 0 aliphatic rings. The lowest BCUT2D eigenvalue weighted by atomic mass is 9.85. The van der Waals surface area contributed by atoms with Crippen molar-refractivity contribution in [1.29, 1.82) is 0 Å². The molecule has 1 heteroatoms. The summed E-state index contributed by atoms with van der Waals surface area (Å²) in [7, 11) is 0. The van der Waals surface area contributed by atoms with Crippen molar-refractivity contribution in [2.75, 3.05) is 0 Å². The third-order valence-corrected chi connectivity index (χ3v) is 9.08. The van der Waals surface area contributed by atoms with Gasteiger partial charge in [-0.05, 0) is 72.6 Å². The van der Waals surface area contributed by atoms with Crippen molar-refractivity contribution in [2.45, 2.75) is 0 Å². The molecule has 0 atom stereocenters. The number of fused-ring (bicyclic) bond motifs is 5. The van der Waals surface area contributed by atoms with Crippen molar-refractivity contribution in [3.8, 4) is 44.5 Å². The first-order valence-corrected chi connectivity index (χ1v) is 15.4. The number of hydrogen-bond acceptors (Lipinski definition) is 1. The normalized spacial score (nSPS) is 11.6. The molecular weight excluding hydrogens is 544 g/mol. The van der Waals surface area contributed by atoms with Gasteiger partial charge in [-0.3, -0.25) is 0 Å². The SMILES string of the molecule is c1ccc(-c2cccc(-c3c4ccccc4c(-c4ccc(-c5cccc6c5oc5ccccc56)cc4)c4ccccc34)c2)cc1. The van der Waals surface area contributed by atoms with Gasteiger partial charge in [0, 0.05) is 16.3 Å². The molecule has 1 heterocycles.